The summed E-state index contributed by atoms with van der Waals surface area (Å²) in [6.45, 7) is 4.19. The van der Waals surface area contributed by atoms with Crippen molar-refractivity contribution in [2.45, 2.75) is 18.9 Å². The number of likely N-dealkylation sites (N-methyl/N-ethyl adjacent to an activating group) is 1. The van der Waals surface area contributed by atoms with E-state index in [0.29, 0.717) is 0 Å². The Hall–Kier alpha value is 0.230. The Bertz CT molecular complexity index is 152. The van der Waals surface area contributed by atoms with Crippen molar-refractivity contribution in [2.24, 2.45) is 0 Å². The summed E-state index contributed by atoms with van der Waals surface area (Å²) in [5, 5.41) is 3.61. The molecule has 1 rings (SSSR count). The van der Waals surface area contributed by atoms with E-state index in [1.807, 2.05) is 0 Å². The van der Waals surface area contributed by atoms with Gasteiger partial charge in [-0.2, -0.15) is 11.8 Å². The van der Waals surface area contributed by atoms with Crippen molar-refractivity contribution >= 4 is 11.8 Å². The molecule has 0 aromatic carbocycles. The molecule has 4 heteroatoms. The maximum Gasteiger partial charge on any atom is 0.0589 e. The first-order valence-corrected chi connectivity index (χ1v) is 6.97. The Balaban J connectivity index is 1.87. The molecule has 0 saturated carbocycles. The second-order valence-corrected chi connectivity index (χ2v) is 5.31. The van der Waals surface area contributed by atoms with Crippen molar-refractivity contribution in [3.8, 4) is 0 Å². The minimum absolute atomic E-state index is 0.777. The van der Waals surface area contributed by atoms with Crippen molar-refractivity contribution in [1.29, 1.82) is 0 Å². The second kappa shape index (κ2) is 8.39. The lowest BCUT2D eigenvalue weighted by Crippen LogP contribution is -2.32. The van der Waals surface area contributed by atoms with E-state index < -0.39 is 0 Å². The van der Waals surface area contributed by atoms with Gasteiger partial charge in [0.2, 0.25) is 0 Å². The molecule has 0 spiro atoms. The van der Waals surface area contributed by atoms with Gasteiger partial charge in [-0.05, 0) is 38.7 Å². The van der Waals surface area contributed by atoms with Crippen LogP contribution in [0.4, 0.5) is 0 Å². The van der Waals surface area contributed by atoms with Gasteiger partial charge in [0, 0.05) is 25.4 Å². The summed E-state index contributed by atoms with van der Waals surface area (Å²) in [5.41, 5.74) is 0. The molecule has 1 fully saturated rings. The molecule has 0 radical (unpaired) electrons. The quantitative estimate of drug-likeness (QED) is 0.632. The number of thioether (sulfide) groups is 1. The van der Waals surface area contributed by atoms with E-state index in [4.69, 9.17) is 4.74 Å². The Kier molecular flexibility index (Phi) is 7.44. The standard InChI is InChI=1S/C11H24N2OS/c1-13(7-8-14-2)6-3-5-12-11-4-9-15-10-11/h11-12H,3-10H2,1-2H3. The molecule has 1 atom stereocenters. The van der Waals surface area contributed by atoms with Gasteiger partial charge in [-0.25, -0.2) is 0 Å². The van der Waals surface area contributed by atoms with Crippen LogP contribution in [-0.4, -0.2) is 62.8 Å². The summed E-state index contributed by atoms with van der Waals surface area (Å²) in [6, 6.07) is 0.777. The third-order valence-electron chi connectivity index (χ3n) is 2.76. The van der Waals surface area contributed by atoms with Crippen molar-refractivity contribution in [3.63, 3.8) is 0 Å². The fourth-order valence-electron chi connectivity index (χ4n) is 1.71. The van der Waals surface area contributed by atoms with Crippen LogP contribution in [0.2, 0.25) is 0 Å². The highest BCUT2D eigenvalue weighted by Gasteiger charge is 2.13. The number of rotatable bonds is 8. The lowest BCUT2D eigenvalue weighted by molar-refractivity contribution is 0.160. The van der Waals surface area contributed by atoms with Gasteiger partial charge < -0.3 is 15.0 Å². The van der Waals surface area contributed by atoms with E-state index in [1.165, 1.54) is 24.3 Å². The summed E-state index contributed by atoms with van der Waals surface area (Å²) < 4.78 is 5.04. The second-order valence-electron chi connectivity index (χ2n) is 4.16. The van der Waals surface area contributed by atoms with E-state index in [9.17, 15) is 0 Å². The zero-order chi connectivity index (χ0) is 10.9. The van der Waals surface area contributed by atoms with Crippen LogP contribution in [0.3, 0.4) is 0 Å². The van der Waals surface area contributed by atoms with Crippen LogP contribution >= 0.6 is 11.8 Å². The maximum absolute atomic E-state index is 5.04. The molecule has 1 aliphatic rings. The van der Waals surface area contributed by atoms with Gasteiger partial charge in [-0.3, -0.25) is 0 Å². The summed E-state index contributed by atoms with van der Waals surface area (Å²) in [6.07, 6.45) is 2.59. The Morgan fingerprint density at radius 1 is 1.47 bits per heavy atom. The molecule has 0 bridgehead atoms. The maximum atomic E-state index is 5.04. The van der Waals surface area contributed by atoms with Gasteiger partial charge in [0.15, 0.2) is 0 Å². The molecule has 1 heterocycles. The molecule has 1 aliphatic heterocycles. The number of ether oxygens (including phenoxy) is 1. The minimum atomic E-state index is 0.777. The smallest absolute Gasteiger partial charge is 0.0589 e. The number of nitrogens with one attached hydrogen (secondary N) is 1. The average molecular weight is 232 g/mol. The topological polar surface area (TPSA) is 24.5 Å². The van der Waals surface area contributed by atoms with Crippen molar-refractivity contribution in [3.05, 3.63) is 0 Å². The molecule has 0 amide bonds. The van der Waals surface area contributed by atoms with Crippen LogP contribution in [0.15, 0.2) is 0 Å². The molecule has 15 heavy (non-hydrogen) atoms. The van der Waals surface area contributed by atoms with Crippen molar-refractivity contribution < 1.29 is 4.74 Å². The van der Waals surface area contributed by atoms with Gasteiger partial charge in [0.25, 0.3) is 0 Å². The fourth-order valence-corrected chi connectivity index (χ4v) is 2.90. The SMILES string of the molecule is COCCN(C)CCCNC1CCSC1. The highest BCUT2D eigenvalue weighted by molar-refractivity contribution is 7.99. The first-order chi connectivity index (χ1) is 7.33. The normalized spacial score (nSPS) is 21.4. The van der Waals surface area contributed by atoms with Crippen LogP contribution in [0.5, 0.6) is 0 Å². The van der Waals surface area contributed by atoms with Crippen molar-refractivity contribution in [1.82, 2.24) is 10.2 Å². The number of hydrogen-bond donors (Lipinski definition) is 1. The average Bonchev–Trinajstić information content (AvgIpc) is 2.74. The zero-order valence-corrected chi connectivity index (χ0v) is 10.8. The molecule has 0 aromatic heterocycles. The first kappa shape index (κ1) is 13.3. The molecule has 1 N–H and O–H groups in total. The molecule has 1 saturated heterocycles. The predicted octanol–water partition coefficient (Wildman–Crippen LogP) is 1.05. The first-order valence-electron chi connectivity index (χ1n) is 5.81. The number of hydrogen-bond acceptors (Lipinski definition) is 4. The number of nitrogens with zero attached hydrogens (tertiary/aromatic N) is 1. The Labute approximate surface area is 97.9 Å². The van der Waals surface area contributed by atoms with Gasteiger partial charge in [0.1, 0.15) is 0 Å². The highest BCUT2D eigenvalue weighted by Crippen LogP contribution is 2.16. The van der Waals surface area contributed by atoms with Gasteiger partial charge in [-0.15, -0.1) is 0 Å². The molecule has 0 aliphatic carbocycles. The van der Waals surface area contributed by atoms with Crippen molar-refractivity contribution in [2.75, 3.05) is 51.9 Å². The monoisotopic (exact) mass is 232 g/mol. The molecule has 90 valence electrons. The number of methoxy groups -OCH3 is 1. The Morgan fingerprint density at radius 3 is 3.00 bits per heavy atom. The van der Waals surface area contributed by atoms with Crippen LogP contribution in [0, 0.1) is 0 Å². The molecule has 3 nitrogen and oxygen atoms in total. The highest BCUT2D eigenvalue weighted by atomic mass is 32.2. The minimum Gasteiger partial charge on any atom is -0.383 e. The van der Waals surface area contributed by atoms with E-state index in [0.717, 1.165) is 32.3 Å². The van der Waals surface area contributed by atoms with Gasteiger partial charge >= 0.3 is 0 Å². The summed E-state index contributed by atoms with van der Waals surface area (Å²) in [7, 11) is 3.91. The van der Waals surface area contributed by atoms with Crippen LogP contribution in [0.25, 0.3) is 0 Å². The fraction of sp³-hybridized carbons (Fsp3) is 1.00. The van der Waals surface area contributed by atoms with Gasteiger partial charge in [-0.1, -0.05) is 0 Å². The summed E-state index contributed by atoms with van der Waals surface area (Å²) in [4.78, 5) is 2.33. The Morgan fingerprint density at radius 2 is 2.33 bits per heavy atom. The summed E-state index contributed by atoms with van der Waals surface area (Å²) in [5.74, 6) is 2.64. The lowest BCUT2D eigenvalue weighted by Gasteiger charge is -2.17. The molecular weight excluding hydrogens is 208 g/mol. The third kappa shape index (κ3) is 6.40. The molecule has 0 aromatic rings. The largest absolute Gasteiger partial charge is 0.383 e. The van der Waals surface area contributed by atoms with E-state index in [-0.39, 0.29) is 0 Å². The lowest BCUT2D eigenvalue weighted by atomic mass is 10.2. The molecular formula is C11H24N2OS. The van der Waals surface area contributed by atoms with Crippen LogP contribution in [0.1, 0.15) is 12.8 Å². The van der Waals surface area contributed by atoms with Gasteiger partial charge in [0.05, 0.1) is 6.61 Å². The van der Waals surface area contributed by atoms with Crippen LogP contribution < -0.4 is 5.32 Å². The zero-order valence-electron chi connectivity index (χ0n) is 10.00. The molecule has 1 unspecified atom stereocenters. The van der Waals surface area contributed by atoms with E-state index in [1.54, 1.807) is 7.11 Å². The van der Waals surface area contributed by atoms with E-state index in [2.05, 4.69) is 29.0 Å². The van der Waals surface area contributed by atoms with Crippen LogP contribution in [-0.2, 0) is 4.74 Å². The predicted molar refractivity (Wildman–Crippen MR) is 67.7 cm³/mol. The third-order valence-corrected chi connectivity index (χ3v) is 3.92. The van der Waals surface area contributed by atoms with E-state index >= 15 is 0 Å². The summed E-state index contributed by atoms with van der Waals surface area (Å²) >= 11 is 2.07.